The Bertz CT molecular complexity index is 1110. The molecule has 8 heteroatoms. The molecule has 0 N–H and O–H groups in total. The molecule has 0 aliphatic heterocycles. The van der Waals surface area contributed by atoms with Crippen LogP contribution in [0, 0.1) is 40.4 Å². The number of carbonyl (C=O) groups excluding carboxylic acids is 2. The predicted molar refractivity (Wildman–Crippen MR) is 113 cm³/mol. The van der Waals surface area contributed by atoms with Gasteiger partial charge in [0.05, 0.1) is 5.92 Å². The summed E-state index contributed by atoms with van der Waals surface area (Å²) in [5, 5.41) is 9.57. The molecule has 3 rings (SSSR count). The van der Waals surface area contributed by atoms with Crippen LogP contribution in [0.15, 0.2) is 54.6 Å². The van der Waals surface area contributed by atoms with E-state index in [-0.39, 0.29) is 0 Å². The highest BCUT2D eigenvalue weighted by atomic mass is 19.3. The first-order valence-electron chi connectivity index (χ1n) is 10.1. The van der Waals surface area contributed by atoms with E-state index in [9.17, 15) is 23.6 Å². The first-order chi connectivity index (χ1) is 15.7. The fourth-order valence-electron chi connectivity index (χ4n) is 3.38. The monoisotopic (exact) mass is 453 g/mol. The molecule has 0 spiro atoms. The summed E-state index contributed by atoms with van der Waals surface area (Å²) in [6, 6.07) is 17.7. The lowest BCUT2D eigenvalue weighted by molar-refractivity contribution is -0.149. The standard InChI is InChI=1S/C25H21F2NO5/c1-25(2)19(11-12-22(29)31-15-21(26)27)23(25)24(30)33-20(14-28)16-7-6-10-18(13-16)32-17-8-4-3-5-9-17/h3-10,13,19-21,23H,15H2,1-2H3/t19-,20+,23-/m0/s1. The maximum atomic E-state index is 12.7. The zero-order valence-electron chi connectivity index (χ0n) is 18.0. The maximum Gasteiger partial charge on any atom is 0.384 e. The second-order valence-corrected chi connectivity index (χ2v) is 7.97. The van der Waals surface area contributed by atoms with Crippen molar-refractivity contribution in [3.8, 4) is 29.4 Å². The van der Waals surface area contributed by atoms with Crippen LogP contribution in [0.4, 0.5) is 8.78 Å². The van der Waals surface area contributed by atoms with Gasteiger partial charge in [0.1, 0.15) is 17.6 Å². The van der Waals surface area contributed by atoms with Gasteiger partial charge in [0.25, 0.3) is 6.43 Å². The minimum Gasteiger partial charge on any atom is -0.457 e. The Kier molecular flexibility index (Phi) is 7.30. The Morgan fingerprint density at radius 1 is 1.09 bits per heavy atom. The van der Waals surface area contributed by atoms with Crippen LogP contribution in [0.5, 0.6) is 11.5 Å². The molecule has 2 aromatic rings. The lowest BCUT2D eigenvalue weighted by Gasteiger charge is -2.13. The van der Waals surface area contributed by atoms with E-state index >= 15 is 0 Å². The lowest BCUT2D eigenvalue weighted by atomic mass is 10.1. The third kappa shape index (κ3) is 6.08. The average molecular weight is 453 g/mol. The molecule has 3 atom stereocenters. The van der Waals surface area contributed by atoms with E-state index < -0.39 is 48.3 Å². The van der Waals surface area contributed by atoms with Crippen molar-refractivity contribution in [1.82, 2.24) is 0 Å². The highest BCUT2D eigenvalue weighted by Crippen LogP contribution is 2.58. The van der Waals surface area contributed by atoms with Gasteiger partial charge in [-0.1, -0.05) is 50.1 Å². The zero-order valence-corrected chi connectivity index (χ0v) is 18.0. The molecule has 1 aliphatic rings. The van der Waals surface area contributed by atoms with Crippen LogP contribution in [0.3, 0.4) is 0 Å². The summed E-state index contributed by atoms with van der Waals surface area (Å²) < 4.78 is 39.7. The number of nitriles is 1. The molecule has 0 saturated heterocycles. The molecule has 33 heavy (non-hydrogen) atoms. The van der Waals surface area contributed by atoms with Gasteiger partial charge in [0.2, 0.25) is 6.10 Å². The number of para-hydroxylation sites is 1. The number of alkyl halides is 2. The summed E-state index contributed by atoms with van der Waals surface area (Å²) in [6.07, 6.45) is -3.95. The molecule has 170 valence electrons. The van der Waals surface area contributed by atoms with E-state index in [2.05, 4.69) is 16.6 Å². The first-order valence-corrected chi connectivity index (χ1v) is 10.1. The van der Waals surface area contributed by atoms with E-state index in [0.29, 0.717) is 17.1 Å². The number of hydrogen-bond donors (Lipinski definition) is 0. The Morgan fingerprint density at radius 3 is 2.45 bits per heavy atom. The average Bonchev–Trinajstić information content (AvgIpc) is 3.35. The van der Waals surface area contributed by atoms with Crippen LogP contribution >= 0.6 is 0 Å². The second kappa shape index (κ2) is 10.1. The van der Waals surface area contributed by atoms with E-state index in [4.69, 9.17) is 9.47 Å². The Balaban J connectivity index is 1.65. The number of hydrogen-bond acceptors (Lipinski definition) is 6. The predicted octanol–water partition coefficient (Wildman–Crippen LogP) is 4.67. The number of carbonyl (C=O) groups is 2. The minimum atomic E-state index is -2.78. The molecular weight excluding hydrogens is 432 g/mol. The molecule has 1 saturated carbocycles. The zero-order chi connectivity index (χ0) is 24.0. The molecule has 0 radical (unpaired) electrons. The number of rotatable bonds is 7. The van der Waals surface area contributed by atoms with Gasteiger partial charge in [-0.25, -0.2) is 13.6 Å². The summed E-state index contributed by atoms with van der Waals surface area (Å²) in [5.41, 5.74) is -0.165. The summed E-state index contributed by atoms with van der Waals surface area (Å²) in [7, 11) is 0. The number of ether oxygens (including phenoxy) is 3. The SMILES string of the molecule is CC1(C)[C@H](C(=O)O[C@H](C#N)c2cccc(Oc3ccccc3)c2)[C@@H]1C#CC(=O)OCC(F)F. The Hall–Kier alpha value is -3.91. The van der Waals surface area contributed by atoms with E-state index in [0.717, 1.165) is 0 Å². The topological polar surface area (TPSA) is 85.6 Å². The maximum absolute atomic E-state index is 12.7. The van der Waals surface area contributed by atoms with Crippen molar-refractivity contribution in [2.45, 2.75) is 26.4 Å². The highest BCUT2D eigenvalue weighted by Gasteiger charge is 2.62. The van der Waals surface area contributed by atoms with Crippen molar-refractivity contribution in [2.24, 2.45) is 17.3 Å². The van der Waals surface area contributed by atoms with Gasteiger partial charge in [-0.2, -0.15) is 5.26 Å². The number of nitrogens with zero attached hydrogens (tertiary/aromatic N) is 1. The van der Waals surface area contributed by atoms with Gasteiger partial charge in [-0.15, -0.1) is 0 Å². The first kappa shape index (κ1) is 23.7. The number of halogens is 2. The van der Waals surface area contributed by atoms with E-state index in [1.165, 1.54) is 0 Å². The summed E-state index contributed by atoms with van der Waals surface area (Å²) in [4.78, 5) is 24.2. The quantitative estimate of drug-likeness (QED) is 0.344. The van der Waals surface area contributed by atoms with Gasteiger partial charge < -0.3 is 14.2 Å². The van der Waals surface area contributed by atoms with Gasteiger partial charge in [0.15, 0.2) is 6.61 Å². The molecule has 0 unspecified atom stereocenters. The molecule has 6 nitrogen and oxygen atoms in total. The molecular formula is C25H21F2NO5. The van der Waals surface area contributed by atoms with Gasteiger partial charge in [-0.05, 0) is 29.7 Å². The normalized spacial score (nSPS) is 18.8. The molecule has 1 aliphatic carbocycles. The lowest BCUT2D eigenvalue weighted by Crippen LogP contribution is -2.14. The van der Waals surface area contributed by atoms with Gasteiger partial charge >= 0.3 is 11.9 Å². The third-order valence-electron chi connectivity index (χ3n) is 5.24. The Morgan fingerprint density at radius 2 is 1.79 bits per heavy atom. The van der Waals surface area contributed by atoms with Crippen molar-refractivity contribution < 1.29 is 32.6 Å². The van der Waals surface area contributed by atoms with Crippen LogP contribution < -0.4 is 4.74 Å². The fourth-order valence-corrected chi connectivity index (χ4v) is 3.38. The van der Waals surface area contributed by atoms with Crippen LogP contribution in [0.2, 0.25) is 0 Å². The van der Waals surface area contributed by atoms with Crippen molar-refractivity contribution in [2.75, 3.05) is 6.61 Å². The largest absolute Gasteiger partial charge is 0.457 e. The Labute approximate surface area is 190 Å². The van der Waals surface area contributed by atoms with Gasteiger partial charge in [-0.3, -0.25) is 4.79 Å². The van der Waals surface area contributed by atoms with E-state index in [1.807, 2.05) is 24.3 Å². The van der Waals surface area contributed by atoms with E-state index in [1.54, 1.807) is 50.2 Å². The molecule has 0 bridgehead atoms. The van der Waals surface area contributed by atoms with Crippen molar-refractivity contribution >= 4 is 11.9 Å². The van der Waals surface area contributed by atoms with Crippen LogP contribution in [0.25, 0.3) is 0 Å². The van der Waals surface area contributed by atoms with Crippen molar-refractivity contribution in [3.63, 3.8) is 0 Å². The third-order valence-corrected chi connectivity index (χ3v) is 5.24. The molecule has 1 fully saturated rings. The molecule has 0 heterocycles. The fraction of sp³-hybridized carbons (Fsp3) is 0.320. The molecule has 0 aromatic heterocycles. The van der Waals surface area contributed by atoms with Crippen LogP contribution in [0.1, 0.15) is 25.5 Å². The molecule has 0 amide bonds. The van der Waals surface area contributed by atoms with Crippen molar-refractivity contribution in [1.29, 1.82) is 5.26 Å². The highest BCUT2D eigenvalue weighted by molar-refractivity contribution is 5.89. The molecule has 2 aromatic carbocycles. The number of benzene rings is 2. The minimum absolute atomic E-state index is 0.441. The van der Waals surface area contributed by atoms with Crippen molar-refractivity contribution in [3.05, 3.63) is 60.2 Å². The van der Waals surface area contributed by atoms with Gasteiger partial charge in [0, 0.05) is 17.4 Å². The second-order valence-electron chi connectivity index (χ2n) is 7.97. The van der Waals surface area contributed by atoms with Crippen LogP contribution in [-0.4, -0.2) is 25.0 Å². The summed E-state index contributed by atoms with van der Waals surface area (Å²) in [5.74, 6) is 2.90. The summed E-state index contributed by atoms with van der Waals surface area (Å²) >= 11 is 0. The number of esters is 2. The van der Waals surface area contributed by atoms with Crippen LogP contribution in [-0.2, 0) is 19.1 Å². The summed E-state index contributed by atoms with van der Waals surface area (Å²) in [6.45, 7) is 2.49. The smallest absolute Gasteiger partial charge is 0.384 e.